The highest BCUT2D eigenvalue weighted by molar-refractivity contribution is 5.97. The highest BCUT2D eigenvalue weighted by Gasteiger charge is 2.47. The molecule has 4 aliphatic rings. The van der Waals surface area contributed by atoms with Crippen LogP contribution >= 0.6 is 0 Å². The Hall–Kier alpha value is -6.91. The van der Waals surface area contributed by atoms with Crippen LogP contribution in [0.2, 0.25) is 0 Å². The number of likely N-dealkylation sites (N-methyl/N-ethyl adjacent to an activating group) is 2. The van der Waals surface area contributed by atoms with Crippen molar-refractivity contribution in [3.05, 3.63) is 142 Å². The van der Waals surface area contributed by atoms with Crippen LogP contribution in [-0.2, 0) is 61.1 Å². The lowest BCUT2D eigenvalue weighted by Crippen LogP contribution is -2.62. The molecule has 1 saturated heterocycles. The summed E-state index contributed by atoms with van der Waals surface area (Å²) in [6.07, 6.45) is 5.51. The van der Waals surface area contributed by atoms with Crippen LogP contribution in [0.1, 0.15) is 149 Å². The third-order valence-electron chi connectivity index (χ3n) is 16.7. The summed E-state index contributed by atoms with van der Waals surface area (Å²) >= 11 is 0. The fraction of sp³-hybridized carbons (Fsp3) is 0.508. The van der Waals surface area contributed by atoms with Gasteiger partial charge in [-0.1, -0.05) is 126 Å². The third-order valence-corrected chi connectivity index (χ3v) is 16.7. The van der Waals surface area contributed by atoms with E-state index in [9.17, 15) is 24.0 Å². The van der Waals surface area contributed by atoms with Gasteiger partial charge in [-0.3, -0.25) is 33.6 Å². The Morgan fingerprint density at radius 2 is 1.13 bits per heavy atom. The SMILES string of the molecule is CN[C@@H](C)C(=O)N[C@H](C(=O)N1C[C@@H](NC(=O)c2ccc(CN(C(=O)[C@@H]3Cc4ccccc4CN3C(=O)[C@@H](NC(=O)[C@H](C)NC)C(C)(C)C)[C@@H]3CCCc4ccccc43)cc2)C[C@H]1C(=O)NC1CCCc2ccccc21)C(C)(C)C. The maximum absolute atomic E-state index is 15.8. The Bertz CT molecular complexity index is 2890. The fourth-order valence-corrected chi connectivity index (χ4v) is 11.8. The molecule has 0 aromatic heterocycles. The van der Waals surface area contributed by atoms with Crippen molar-refractivity contribution in [3.8, 4) is 0 Å². The van der Waals surface area contributed by atoms with E-state index in [0.29, 0.717) is 12.0 Å². The van der Waals surface area contributed by atoms with Crippen molar-refractivity contribution in [3.63, 3.8) is 0 Å². The number of aryl methyl sites for hydroxylation is 2. The first-order valence-corrected chi connectivity index (χ1v) is 28.4. The van der Waals surface area contributed by atoms with Gasteiger partial charge in [0.1, 0.15) is 24.2 Å². The molecule has 1 unspecified atom stereocenters. The average molecular weight is 1080 g/mol. The molecule has 0 saturated carbocycles. The minimum Gasteiger partial charge on any atom is -0.347 e. The minimum absolute atomic E-state index is 0.0507. The van der Waals surface area contributed by atoms with Gasteiger partial charge >= 0.3 is 0 Å². The zero-order valence-corrected chi connectivity index (χ0v) is 47.9. The van der Waals surface area contributed by atoms with Crippen molar-refractivity contribution in [2.75, 3.05) is 20.6 Å². The van der Waals surface area contributed by atoms with E-state index in [4.69, 9.17) is 0 Å². The molecule has 0 radical (unpaired) electrons. The van der Waals surface area contributed by atoms with Gasteiger partial charge in [-0.05, 0) is 135 Å². The lowest BCUT2D eigenvalue weighted by Gasteiger charge is -2.44. The van der Waals surface area contributed by atoms with Gasteiger partial charge in [0.15, 0.2) is 0 Å². The Morgan fingerprint density at radius 1 is 0.608 bits per heavy atom. The van der Waals surface area contributed by atoms with Crippen LogP contribution in [-0.4, -0.2) is 119 Å². The number of nitrogens with one attached hydrogen (secondary N) is 6. The third kappa shape index (κ3) is 13.2. The summed E-state index contributed by atoms with van der Waals surface area (Å²) in [4.78, 5) is 106. The molecule has 2 aliphatic heterocycles. The molecule has 422 valence electrons. The number of hydrogen-bond acceptors (Lipinski definition) is 9. The number of benzene rings is 4. The average Bonchev–Trinajstić information content (AvgIpc) is 3.96. The Labute approximate surface area is 467 Å². The number of likely N-dealkylation sites (tertiary alicyclic amines) is 1. The lowest BCUT2D eigenvalue weighted by atomic mass is 9.83. The molecule has 4 aromatic carbocycles. The standard InChI is InChI=1S/C63H83N9O7/c1-38(64-9)55(73)68-53(62(3,4)5)60(78)71-36-45-22-12-11-21-44(45)33-52(71)59(77)70(50-28-18-24-42-20-14-16-26-48(42)50)35-40-29-31-43(32-30-40)57(75)66-46-34-51(58(76)67-49-27-17-23-41-19-13-15-25-47(41)49)72(37-46)61(79)54(63(6,7)8)69-56(74)39(2)65-10/h11-16,19-22,25-26,29-32,38-39,46,49-54,64-65H,17-18,23-24,27-28,33-37H2,1-10H3,(H,66,75)(H,67,76)(H,68,73)(H,69,74)/t38-,39-,46-,49?,50+,51-,52-,53+,54+/m0/s1. The van der Waals surface area contributed by atoms with Gasteiger partial charge in [-0.2, -0.15) is 0 Å². The molecule has 2 aliphatic carbocycles. The van der Waals surface area contributed by atoms with Crippen molar-refractivity contribution in [1.82, 2.24) is 46.6 Å². The maximum Gasteiger partial charge on any atom is 0.251 e. The quantitative estimate of drug-likeness (QED) is 0.0754. The van der Waals surface area contributed by atoms with Gasteiger partial charge < -0.3 is 46.6 Å². The lowest BCUT2D eigenvalue weighted by molar-refractivity contribution is -0.152. The predicted octanol–water partition coefficient (Wildman–Crippen LogP) is 6.22. The number of nitrogens with zero attached hydrogens (tertiary/aromatic N) is 3. The van der Waals surface area contributed by atoms with Gasteiger partial charge in [0, 0.05) is 37.7 Å². The first kappa shape index (κ1) is 58.2. The molecule has 16 nitrogen and oxygen atoms in total. The molecule has 0 bridgehead atoms. The molecule has 0 spiro atoms. The monoisotopic (exact) mass is 1080 g/mol. The Morgan fingerprint density at radius 3 is 1.71 bits per heavy atom. The first-order chi connectivity index (χ1) is 37.6. The molecule has 1 fully saturated rings. The second-order valence-electron chi connectivity index (χ2n) is 24.4. The fourth-order valence-electron chi connectivity index (χ4n) is 11.8. The van der Waals surface area contributed by atoms with Gasteiger partial charge in [-0.25, -0.2) is 0 Å². The summed E-state index contributed by atoms with van der Waals surface area (Å²) in [5.41, 5.74) is 6.16. The minimum atomic E-state index is -0.963. The number of carbonyl (C=O) groups excluding carboxylic acids is 7. The summed E-state index contributed by atoms with van der Waals surface area (Å²) < 4.78 is 0. The van der Waals surface area contributed by atoms with Crippen molar-refractivity contribution in [1.29, 1.82) is 0 Å². The van der Waals surface area contributed by atoms with Crippen LogP contribution in [0.15, 0.2) is 97.1 Å². The van der Waals surface area contributed by atoms with Crippen LogP contribution in [0.4, 0.5) is 0 Å². The zero-order chi connectivity index (χ0) is 56.9. The normalized spacial score (nSPS) is 21.4. The second kappa shape index (κ2) is 24.6. The topological polar surface area (TPSA) is 201 Å². The highest BCUT2D eigenvalue weighted by Crippen LogP contribution is 2.38. The summed E-state index contributed by atoms with van der Waals surface area (Å²) in [7, 11) is 3.37. The van der Waals surface area contributed by atoms with E-state index >= 15 is 9.59 Å². The molecule has 2 heterocycles. The largest absolute Gasteiger partial charge is 0.347 e. The van der Waals surface area contributed by atoms with Crippen molar-refractivity contribution in [2.45, 2.75) is 174 Å². The molecule has 79 heavy (non-hydrogen) atoms. The number of carbonyl (C=O) groups is 7. The van der Waals surface area contributed by atoms with Crippen LogP contribution < -0.4 is 31.9 Å². The van der Waals surface area contributed by atoms with E-state index in [1.54, 1.807) is 45.0 Å². The first-order valence-electron chi connectivity index (χ1n) is 28.4. The number of amides is 7. The maximum atomic E-state index is 15.8. The molecule has 9 atom stereocenters. The van der Waals surface area contributed by atoms with Crippen LogP contribution in [0.5, 0.6) is 0 Å². The molecular weight excluding hydrogens is 995 g/mol. The van der Waals surface area contributed by atoms with Crippen molar-refractivity contribution < 1.29 is 33.6 Å². The molecule has 6 N–H and O–H groups in total. The van der Waals surface area contributed by atoms with Gasteiger partial charge in [-0.15, -0.1) is 0 Å². The van der Waals surface area contributed by atoms with Crippen LogP contribution in [0.25, 0.3) is 0 Å². The van der Waals surface area contributed by atoms with E-state index in [-0.39, 0.29) is 73.6 Å². The van der Waals surface area contributed by atoms with E-state index < -0.39 is 59.0 Å². The number of hydrogen-bond donors (Lipinski definition) is 6. The Kier molecular flexibility index (Phi) is 18.2. The number of rotatable bonds is 16. The van der Waals surface area contributed by atoms with E-state index in [1.807, 2.05) is 113 Å². The van der Waals surface area contributed by atoms with Crippen LogP contribution in [0.3, 0.4) is 0 Å². The van der Waals surface area contributed by atoms with Gasteiger partial charge in [0.25, 0.3) is 5.91 Å². The Balaban J connectivity index is 1.06. The summed E-state index contributed by atoms with van der Waals surface area (Å²) in [6.45, 7) is 15.3. The molecule has 8 rings (SSSR count). The van der Waals surface area contributed by atoms with Crippen molar-refractivity contribution >= 4 is 41.4 Å². The predicted molar refractivity (Wildman–Crippen MR) is 305 cm³/mol. The molecular formula is C63H83N9O7. The van der Waals surface area contributed by atoms with Gasteiger partial charge in [0.05, 0.1) is 24.2 Å². The van der Waals surface area contributed by atoms with Crippen LogP contribution in [0, 0.1) is 10.8 Å². The molecule has 16 heteroatoms. The smallest absolute Gasteiger partial charge is 0.251 e. The second-order valence-corrected chi connectivity index (χ2v) is 24.4. The molecule has 4 aromatic rings. The zero-order valence-electron chi connectivity index (χ0n) is 47.9. The summed E-state index contributed by atoms with van der Waals surface area (Å²) in [5, 5.41) is 18.3. The molecule has 7 amide bonds. The summed E-state index contributed by atoms with van der Waals surface area (Å²) in [6, 6.07) is 25.4. The van der Waals surface area contributed by atoms with E-state index in [1.165, 1.54) is 16.0 Å². The van der Waals surface area contributed by atoms with Gasteiger partial charge in [0.2, 0.25) is 35.4 Å². The van der Waals surface area contributed by atoms with E-state index in [0.717, 1.165) is 66.3 Å². The highest BCUT2D eigenvalue weighted by atomic mass is 16.2. The number of fused-ring (bicyclic) bond motifs is 3. The van der Waals surface area contributed by atoms with Crippen molar-refractivity contribution in [2.24, 2.45) is 10.8 Å². The summed E-state index contributed by atoms with van der Waals surface area (Å²) in [5.74, 6) is -2.29. The van der Waals surface area contributed by atoms with E-state index in [2.05, 4.69) is 50.1 Å².